The molecule has 0 N–H and O–H groups in total. The van der Waals surface area contributed by atoms with Gasteiger partial charge in [0.2, 0.25) is 0 Å². The fraction of sp³-hybridized carbons (Fsp3) is 0.464. The Labute approximate surface area is 214 Å². The molecule has 5 aliphatic rings. The molecule has 5 heterocycles. The van der Waals surface area contributed by atoms with E-state index in [0.29, 0.717) is 5.92 Å². The van der Waals surface area contributed by atoms with Gasteiger partial charge in [0.1, 0.15) is 5.75 Å². The number of hydrogen-bond acceptors (Lipinski definition) is 5. The van der Waals surface area contributed by atoms with Crippen molar-refractivity contribution in [2.24, 2.45) is 10.9 Å². The Hall–Kier alpha value is -1.92. The molecule has 0 radical (unpaired) electrons. The van der Waals surface area contributed by atoms with Crippen LogP contribution in [0.4, 0.5) is 5.69 Å². The van der Waals surface area contributed by atoms with Crippen LogP contribution in [0.15, 0.2) is 44.7 Å². The first kappa shape index (κ1) is 21.4. The smallest absolute Gasteiger partial charge is 0.169 e. The normalized spacial score (nSPS) is 26.3. The average molecular weight is 537 g/mol. The van der Waals surface area contributed by atoms with Crippen LogP contribution in [0.1, 0.15) is 61.9 Å². The van der Waals surface area contributed by atoms with E-state index in [-0.39, 0.29) is 11.6 Å². The summed E-state index contributed by atoms with van der Waals surface area (Å²) >= 11 is 5.42. The quantitative estimate of drug-likeness (QED) is 0.402. The molecule has 7 rings (SSSR count). The first-order valence-corrected chi connectivity index (χ1v) is 14.1. The van der Waals surface area contributed by atoms with Gasteiger partial charge in [-0.1, -0.05) is 39.8 Å². The van der Waals surface area contributed by atoms with E-state index >= 15 is 0 Å². The van der Waals surface area contributed by atoms with Gasteiger partial charge in [-0.3, -0.25) is 4.99 Å². The number of rotatable bonds is 1. The van der Waals surface area contributed by atoms with Gasteiger partial charge in [-0.05, 0) is 75.8 Å². The van der Waals surface area contributed by atoms with Crippen molar-refractivity contribution in [3.8, 4) is 5.75 Å². The second kappa shape index (κ2) is 7.54. The van der Waals surface area contributed by atoms with Crippen molar-refractivity contribution in [1.29, 1.82) is 0 Å². The van der Waals surface area contributed by atoms with Crippen LogP contribution in [0.2, 0.25) is 0 Å². The number of amidine groups is 1. The van der Waals surface area contributed by atoms with E-state index in [0.717, 1.165) is 28.4 Å². The minimum Gasteiger partial charge on any atom is -0.492 e. The number of aliphatic imine (C=N–C) groups is 1. The predicted octanol–water partition coefficient (Wildman–Crippen LogP) is 6.78. The minimum absolute atomic E-state index is 0.105. The Morgan fingerprint density at radius 2 is 1.88 bits per heavy atom. The molecule has 0 saturated heterocycles. The maximum absolute atomic E-state index is 6.68. The van der Waals surface area contributed by atoms with E-state index in [2.05, 4.69) is 76.8 Å². The van der Waals surface area contributed by atoms with Crippen LogP contribution in [0.3, 0.4) is 0 Å². The van der Waals surface area contributed by atoms with Crippen LogP contribution in [0.25, 0.3) is 5.70 Å². The molecule has 5 aliphatic heterocycles. The Balaban J connectivity index is 1.36. The van der Waals surface area contributed by atoms with Crippen LogP contribution < -0.4 is 9.64 Å². The monoisotopic (exact) mass is 535 g/mol. The first-order valence-electron chi connectivity index (χ1n) is 12.5. The number of benzene rings is 2. The van der Waals surface area contributed by atoms with E-state index in [4.69, 9.17) is 9.73 Å². The third-order valence-corrected chi connectivity index (χ3v) is 9.95. The Kier molecular flexibility index (Phi) is 4.74. The highest BCUT2D eigenvalue weighted by molar-refractivity contribution is 9.10. The summed E-state index contributed by atoms with van der Waals surface area (Å²) in [5.41, 5.74) is 8.25. The van der Waals surface area contributed by atoms with Gasteiger partial charge >= 0.3 is 0 Å². The highest BCUT2D eigenvalue weighted by Gasteiger charge is 2.53. The minimum atomic E-state index is -0.105. The lowest BCUT2D eigenvalue weighted by atomic mass is 9.74. The van der Waals surface area contributed by atoms with Crippen molar-refractivity contribution in [3.05, 3.63) is 62.0 Å². The van der Waals surface area contributed by atoms with Crippen LogP contribution in [0, 0.1) is 5.92 Å². The molecule has 0 bridgehead atoms. The van der Waals surface area contributed by atoms with Gasteiger partial charge < -0.3 is 14.5 Å². The first-order chi connectivity index (χ1) is 16.4. The van der Waals surface area contributed by atoms with Crippen molar-refractivity contribution in [1.82, 2.24) is 4.90 Å². The summed E-state index contributed by atoms with van der Waals surface area (Å²) in [6.07, 6.45) is 4.79. The molecule has 34 heavy (non-hydrogen) atoms. The standard InChI is InChI=1S/C28H30BrN3OS/c1-16-24(17-8-10-19(29)11-9-17)32-27(34-16)30-23-21-14-18-6-4-12-31-13-5-7-20(25(18)31)26(21)33-15-22(23)28(32,2)3/h8-11,14,22-23H,4-7,12-13,15H2,1-3H3. The third-order valence-electron chi connectivity index (χ3n) is 8.45. The molecular formula is C28H30BrN3OS. The molecule has 0 spiro atoms. The van der Waals surface area contributed by atoms with E-state index in [9.17, 15) is 0 Å². The molecule has 2 atom stereocenters. The maximum atomic E-state index is 6.68. The molecule has 2 unspecified atom stereocenters. The molecule has 0 aliphatic carbocycles. The van der Waals surface area contributed by atoms with Gasteiger partial charge in [0.25, 0.3) is 0 Å². The zero-order valence-corrected chi connectivity index (χ0v) is 22.4. The summed E-state index contributed by atoms with van der Waals surface area (Å²) in [7, 11) is 0. The fourth-order valence-corrected chi connectivity index (χ4v) is 8.23. The number of fused-ring (bicyclic) bond motifs is 5. The number of anilines is 1. The summed E-state index contributed by atoms with van der Waals surface area (Å²) in [6, 6.07) is 11.3. The van der Waals surface area contributed by atoms with E-state index in [1.807, 2.05) is 11.8 Å². The summed E-state index contributed by atoms with van der Waals surface area (Å²) in [5.74, 6) is 1.45. The summed E-state index contributed by atoms with van der Waals surface area (Å²) in [6.45, 7) is 10.1. The second-order valence-corrected chi connectivity index (χ2v) is 12.8. The number of aryl methyl sites for hydroxylation is 1. The highest BCUT2D eigenvalue weighted by Crippen LogP contribution is 2.56. The van der Waals surface area contributed by atoms with E-state index in [1.54, 1.807) is 0 Å². The topological polar surface area (TPSA) is 28.1 Å². The molecule has 0 aromatic heterocycles. The molecule has 0 saturated carbocycles. The molecule has 176 valence electrons. The van der Waals surface area contributed by atoms with Gasteiger partial charge in [-0.25, -0.2) is 0 Å². The molecule has 6 heteroatoms. The Morgan fingerprint density at radius 1 is 1.12 bits per heavy atom. The molecule has 4 nitrogen and oxygen atoms in total. The Morgan fingerprint density at radius 3 is 2.68 bits per heavy atom. The number of hydrogen-bond donors (Lipinski definition) is 0. The van der Waals surface area contributed by atoms with Crippen molar-refractivity contribution >= 4 is 44.2 Å². The molecular weight excluding hydrogens is 506 g/mol. The second-order valence-electron chi connectivity index (χ2n) is 10.8. The molecule has 0 fully saturated rings. The van der Waals surface area contributed by atoms with Gasteiger partial charge in [-0.15, -0.1) is 0 Å². The van der Waals surface area contributed by atoms with Gasteiger partial charge in [0, 0.05) is 50.7 Å². The van der Waals surface area contributed by atoms with Crippen LogP contribution in [-0.2, 0) is 12.8 Å². The lowest BCUT2D eigenvalue weighted by Gasteiger charge is -2.52. The summed E-state index contributed by atoms with van der Waals surface area (Å²) in [5, 5.41) is 1.14. The van der Waals surface area contributed by atoms with Crippen molar-refractivity contribution in [2.45, 2.75) is 58.0 Å². The summed E-state index contributed by atoms with van der Waals surface area (Å²) < 4.78 is 7.79. The van der Waals surface area contributed by atoms with Crippen LogP contribution >= 0.6 is 27.7 Å². The van der Waals surface area contributed by atoms with E-state index in [1.165, 1.54) is 70.9 Å². The molecule has 2 aromatic rings. The van der Waals surface area contributed by atoms with Gasteiger partial charge in [0.15, 0.2) is 5.17 Å². The molecule has 2 aromatic carbocycles. The van der Waals surface area contributed by atoms with E-state index < -0.39 is 0 Å². The van der Waals surface area contributed by atoms with Crippen molar-refractivity contribution in [2.75, 3.05) is 24.6 Å². The maximum Gasteiger partial charge on any atom is 0.169 e. The number of thioether (sulfide) groups is 1. The number of ether oxygens (including phenoxy) is 1. The fourth-order valence-electron chi connectivity index (χ4n) is 6.80. The number of halogens is 1. The van der Waals surface area contributed by atoms with Gasteiger partial charge in [-0.2, -0.15) is 0 Å². The zero-order valence-electron chi connectivity index (χ0n) is 20.0. The largest absolute Gasteiger partial charge is 0.492 e. The Bertz CT molecular complexity index is 1260. The lowest BCUT2D eigenvalue weighted by molar-refractivity contribution is 0.0737. The van der Waals surface area contributed by atoms with Crippen LogP contribution in [0.5, 0.6) is 5.75 Å². The highest BCUT2D eigenvalue weighted by atomic mass is 79.9. The SMILES string of the molecule is CC1=C(c2ccc(Br)cc2)N2C(=NC3c4cc5c6c(c4OCC3C2(C)C)CCCN6CCC5)S1. The number of allylic oxidation sites excluding steroid dienone is 1. The summed E-state index contributed by atoms with van der Waals surface area (Å²) in [4.78, 5) is 11.9. The lowest BCUT2D eigenvalue weighted by Crippen LogP contribution is -2.56. The van der Waals surface area contributed by atoms with Crippen LogP contribution in [-0.4, -0.2) is 35.3 Å². The van der Waals surface area contributed by atoms with Gasteiger partial charge in [0.05, 0.1) is 18.3 Å². The zero-order chi connectivity index (χ0) is 23.2. The molecule has 0 amide bonds. The predicted molar refractivity (Wildman–Crippen MR) is 145 cm³/mol. The third kappa shape index (κ3) is 2.94. The van der Waals surface area contributed by atoms with Crippen molar-refractivity contribution < 1.29 is 4.74 Å². The number of nitrogens with zero attached hydrogens (tertiary/aromatic N) is 3. The van der Waals surface area contributed by atoms with Crippen molar-refractivity contribution in [3.63, 3.8) is 0 Å². The average Bonchev–Trinajstić information content (AvgIpc) is 3.17.